The van der Waals surface area contributed by atoms with Crippen LogP contribution in [0.3, 0.4) is 0 Å². The molecule has 3 rings (SSSR count). The van der Waals surface area contributed by atoms with Gasteiger partial charge in [-0.1, -0.05) is 0 Å². The second kappa shape index (κ2) is 4.97. The van der Waals surface area contributed by atoms with Gasteiger partial charge in [-0.05, 0) is 26.0 Å². The van der Waals surface area contributed by atoms with Crippen LogP contribution < -0.4 is 0 Å². The van der Waals surface area contributed by atoms with Crippen molar-refractivity contribution in [3.63, 3.8) is 0 Å². The lowest BCUT2D eigenvalue weighted by molar-refractivity contribution is 0.112. The first-order chi connectivity index (χ1) is 10.1. The SMILES string of the molecule is Cc1nn(C)c(C)c1-c1nn(-c2ccncc2)cc1C=O. The highest BCUT2D eigenvalue weighted by Crippen LogP contribution is 2.28. The number of pyridine rings is 1. The summed E-state index contributed by atoms with van der Waals surface area (Å²) in [5.74, 6) is 0. The van der Waals surface area contributed by atoms with Crippen LogP contribution in [0.15, 0.2) is 30.7 Å². The zero-order valence-corrected chi connectivity index (χ0v) is 12.1. The highest BCUT2D eigenvalue weighted by molar-refractivity contribution is 5.86. The van der Waals surface area contributed by atoms with E-state index in [1.54, 1.807) is 28.0 Å². The molecule has 0 fully saturated rings. The summed E-state index contributed by atoms with van der Waals surface area (Å²) in [6, 6.07) is 3.68. The average Bonchev–Trinajstić information content (AvgIpc) is 3.01. The minimum atomic E-state index is 0.547. The second-order valence-corrected chi connectivity index (χ2v) is 4.87. The Morgan fingerprint density at radius 2 is 1.86 bits per heavy atom. The van der Waals surface area contributed by atoms with Crippen LogP contribution in [0.25, 0.3) is 16.9 Å². The van der Waals surface area contributed by atoms with E-state index in [-0.39, 0.29) is 0 Å². The summed E-state index contributed by atoms with van der Waals surface area (Å²) in [5.41, 5.74) is 4.82. The Bertz CT molecular complexity index is 801. The summed E-state index contributed by atoms with van der Waals surface area (Å²) in [6.07, 6.45) is 5.94. The van der Waals surface area contributed by atoms with Gasteiger partial charge in [0.25, 0.3) is 0 Å². The molecule has 0 aromatic carbocycles. The number of aryl methyl sites for hydroxylation is 2. The lowest BCUT2D eigenvalue weighted by atomic mass is 10.1. The largest absolute Gasteiger partial charge is 0.298 e. The first-order valence-electron chi connectivity index (χ1n) is 6.57. The first-order valence-corrected chi connectivity index (χ1v) is 6.57. The molecule has 106 valence electrons. The molecule has 3 heterocycles. The van der Waals surface area contributed by atoms with Crippen molar-refractivity contribution in [2.75, 3.05) is 0 Å². The lowest BCUT2D eigenvalue weighted by Crippen LogP contribution is -1.96. The topological polar surface area (TPSA) is 65.6 Å². The maximum absolute atomic E-state index is 11.4. The first kappa shape index (κ1) is 13.2. The molecule has 0 amide bonds. The van der Waals surface area contributed by atoms with Crippen molar-refractivity contribution in [1.82, 2.24) is 24.5 Å². The second-order valence-electron chi connectivity index (χ2n) is 4.87. The van der Waals surface area contributed by atoms with E-state index in [9.17, 15) is 4.79 Å². The standard InChI is InChI=1S/C15H15N5O/c1-10-14(11(2)19(3)17-10)15-12(9-21)8-20(18-15)13-4-6-16-7-5-13/h4-9H,1-3H3. The number of carbonyl (C=O) groups excluding carboxylic acids is 1. The fourth-order valence-electron chi connectivity index (χ4n) is 2.41. The molecule has 3 aromatic heterocycles. The van der Waals surface area contributed by atoms with E-state index in [0.29, 0.717) is 11.3 Å². The minimum absolute atomic E-state index is 0.547. The van der Waals surface area contributed by atoms with Crippen LogP contribution in [0, 0.1) is 13.8 Å². The highest BCUT2D eigenvalue weighted by atomic mass is 16.1. The van der Waals surface area contributed by atoms with E-state index in [0.717, 1.165) is 28.9 Å². The van der Waals surface area contributed by atoms with Gasteiger partial charge in [-0.2, -0.15) is 10.2 Å². The normalized spacial score (nSPS) is 10.8. The zero-order valence-electron chi connectivity index (χ0n) is 12.1. The molecule has 0 bridgehead atoms. The third-order valence-corrected chi connectivity index (χ3v) is 3.54. The fraction of sp³-hybridized carbons (Fsp3) is 0.200. The molecule has 0 radical (unpaired) electrons. The molecule has 0 aliphatic rings. The lowest BCUT2D eigenvalue weighted by Gasteiger charge is -2.00. The molecule has 0 N–H and O–H groups in total. The summed E-state index contributed by atoms with van der Waals surface area (Å²) < 4.78 is 3.48. The van der Waals surface area contributed by atoms with Crippen LogP contribution in [0.5, 0.6) is 0 Å². The summed E-state index contributed by atoms with van der Waals surface area (Å²) in [5, 5.41) is 8.95. The zero-order chi connectivity index (χ0) is 15.0. The van der Waals surface area contributed by atoms with Gasteiger partial charge in [0.2, 0.25) is 0 Å². The number of hydrogen-bond acceptors (Lipinski definition) is 4. The summed E-state index contributed by atoms with van der Waals surface area (Å²) in [6.45, 7) is 3.89. The number of carbonyl (C=O) groups is 1. The number of rotatable bonds is 3. The van der Waals surface area contributed by atoms with Crippen molar-refractivity contribution in [3.05, 3.63) is 47.7 Å². The van der Waals surface area contributed by atoms with Gasteiger partial charge in [0.05, 0.1) is 16.9 Å². The maximum Gasteiger partial charge on any atom is 0.153 e. The van der Waals surface area contributed by atoms with Gasteiger partial charge in [0, 0.05) is 36.9 Å². The van der Waals surface area contributed by atoms with Crippen LogP contribution in [-0.2, 0) is 7.05 Å². The Hall–Kier alpha value is -2.76. The van der Waals surface area contributed by atoms with Crippen LogP contribution in [0.2, 0.25) is 0 Å². The molecule has 0 aliphatic carbocycles. The molecule has 0 saturated carbocycles. The monoisotopic (exact) mass is 281 g/mol. The maximum atomic E-state index is 11.4. The van der Waals surface area contributed by atoms with Crippen LogP contribution in [0.4, 0.5) is 0 Å². The van der Waals surface area contributed by atoms with Crippen LogP contribution in [0.1, 0.15) is 21.7 Å². The Labute approximate surface area is 122 Å². The van der Waals surface area contributed by atoms with Crippen molar-refractivity contribution < 1.29 is 4.79 Å². The molecule has 0 unspecified atom stereocenters. The van der Waals surface area contributed by atoms with Crippen molar-refractivity contribution in [2.24, 2.45) is 7.05 Å². The smallest absolute Gasteiger partial charge is 0.153 e. The predicted octanol–water partition coefficient (Wildman–Crippen LogP) is 2.10. The molecule has 0 spiro atoms. The van der Waals surface area contributed by atoms with Crippen molar-refractivity contribution in [3.8, 4) is 16.9 Å². The van der Waals surface area contributed by atoms with Gasteiger partial charge < -0.3 is 0 Å². The minimum Gasteiger partial charge on any atom is -0.298 e. The molecule has 0 saturated heterocycles. The van der Waals surface area contributed by atoms with Gasteiger partial charge in [0.1, 0.15) is 5.69 Å². The summed E-state index contributed by atoms with van der Waals surface area (Å²) >= 11 is 0. The van der Waals surface area contributed by atoms with Crippen LogP contribution >= 0.6 is 0 Å². The van der Waals surface area contributed by atoms with Gasteiger partial charge >= 0.3 is 0 Å². The van der Waals surface area contributed by atoms with E-state index in [4.69, 9.17) is 0 Å². The Morgan fingerprint density at radius 1 is 1.14 bits per heavy atom. The molecule has 6 heteroatoms. The number of aromatic nitrogens is 5. The quantitative estimate of drug-likeness (QED) is 0.690. The van der Waals surface area contributed by atoms with Gasteiger partial charge in [0.15, 0.2) is 6.29 Å². The van der Waals surface area contributed by atoms with E-state index >= 15 is 0 Å². The third kappa shape index (κ3) is 2.14. The molecule has 0 aliphatic heterocycles. The van der Waals surface area contributed by atoms with Gasteiger partial charge in [-0.3, -0.25) is 14.5 Å². The molecule has 3 aromatic rings. The number of aldehydes is 1. The third-order valence-electron chi connectivity index (χ3n) is 3.54. The van der Waals surface area contributed by atoms with Crippen molar-refractivity contribution >= 4 is 6.29 Å². The Kier molecular flexibility index (Phi) is 3.13. The molecule has 6 nitrogen and oxygen atoms in total. The molecular formula is C15H15N5O. The average molecular weight is 281 g/mol. The predicted molar refractivity (Wildman–Crippen MR) is 78.4 cm³/mol. The van der Waals surface area contributed by atoms with E-state index in [1.165, 1.54) is 0 Å². The summed E-state index contributed by atoms with van der Waals surface area (Å²) in [4.78, 5) is 15.4. The Morgan fingerprint density at radius 3 is 2.43 bits per heavy atom. The fourth-order valence-corrected chi connectivity index (χ4v) is 2.41. The van der Waals surface area contributed by atoms with Gasteiger partial charge in [-0.25, -0.2) is 4.68 Å². The van der Waals surface area contributed by atoms with Gasteiger partial charge in [-0.15, -0.1) is 0 Å². The van der Waals surface area contributed by atoms with Crippen LogP contribution in [-0.4, -0.2) is 30.8 Å². The van der Waals surface area contributed by atoms with E-state index in [2.05, 4.69) is 15.2 Å². The number of nitrogens with zero attached hydrogens (tertiary/aromatic N) is 5. The van der Waals surface area contributed by atoms with Crippen molar-refractivity contribution in [1.29, 1.82) is 0 Å². The van der Waals surface area contributed by atoms with Crippen molar-refractivity contribution in [2.45, 2.75) is 13.8 Å². The molecular weight excluding hydrogens is 266 g/mol. The highest BCUT2D eigenvalue weighted by Gasteiger charge is 2.19. The molecule has 0 atom stereocenters. The van der Waals surface area contributed by atoms with E-state index in [1.807, 2.05) is 33.0 Å². The molecule has 21 heavy (non-hydrogen) atoms. The number of hydrogen-bond donors (Lipinski definition) is 0. The Balaban J connectivity index is 2.20. The summed E-state index contributed by atoms with van der Waals surface area (Å²) in [7, 11) is 1.88. The van der Waals surface area contributed by atoms with E-state index < -0.39 is 0 Å².